The zero-order valence-electron chi connectivity index (χ0n) is 13.1. The predicted octanol–water partition coefficient (Wildman–Crippen LogP) is 5.20. The molecular weight excluding hydrogens is 308 g/mol. The molecule has 0 N–H and O–H groups in total. The lowest BCUT2D eigenvalue weighted by Gasteiger charge is -2.22. The average molecular weight is 331 g/mol. The van der Waals surface area contributed by atoms with Gasteiger partial charge in [0.25, 0.3) is 0 Å². The van der Waals surface area contributed by atoms with E-state index in [1.54, 1.807) is 23.5 Å². The minimum Gasteiger partial charge on any atom is -0.297 e. The quantitative estimate of drug-likeness (QED) is 0.662. The molecule has 0 fully saturated rings. The van der Waals surface area contributed by atoms with Crippen LogP contribution in [0.3, 0.4) is 0 Å². The Hall–Kier alpha value is -1.19. The van der Waals surface area contributed by atoms with Crippen molar-refractivity contribution in [2.24, 2.45) is 0 Å². The number of rotatable bonds is 8. The molecule has 0 heterocycles. The Kier molecular flexibility index (Phi) is 6.59. The fourth-order valence-electron chi connectivity index (χ4n) is 1.93. The normalized spacial score (nSPS) is 11.4. The van der Waals surface area contributed by atoms with Gasteiger partial charge in [0.05, 0.1) is 10.5 Å². The lowest BCUT2D eigenvalue weighted by Crippen LogP contribution is -2.29. The van der Waals surface area contributed by atoms with Gasteiger partial charge in [-0.25, -0.2) is 0 Å². The van der Waals surface area contributed by atoms with E-state index in [2.05, 4.69) is 24.3 Å². The van der Waals surface area contributed by atoms with Gasteiger partial charge in [-0.05, 0) is 25.0 Å². The maximum absolute atomic E-state index is 12.4. The number of thioether (sulfide) groups is 2. The van der Waals surface area contributed by atoms with Crippen molar-refractivity contribution in [2.75, 3.05) is 5.75 Å². The molecule has 0 aliphatic rings. The highest BCUT2D eigenvalue weighted by molar-refractivity contribution is 8.01. The van der Waals surface area contributed by atoms with Crippen molar-refractivity contribution >= 4 is 29.3 Å². The summed E-state index contributed by atoms with van der Waals surface area (Å²) < 4.78 is -0.334. The van der Waals surface area contributed by atoms with E-state index in [1.807, 2.05) is 50.2 Å². The van der Waals surface area contributed by atoms with Crippen molar-refractivity contribution in [1.82, 2.24) is 0 Å². The SMILES string of the molecule is CC(C)(SCc1ccccc1)C(=O)CSCc1ccccc1. The average Bonchev–Trinajstić information content (AvgIpc) is 2.55. The summed E-state index contributed by atoms with van der Waals surface area (Å²) in [5.74, 6) is 2.66. The molecule has 0 radical (unpaired) electrons. The Bertz CT molecular complexity index is 579. The predicted molar refractivity (Wildman–Crippen MR) is 99.4 cm³/mol. The van der Waals surface area contributed by atoms with Gasteiger partial charge in [-0.15, -0.1) is 23.5 Å². The van der Waals surface area contributed by atoms with E-state index in [1.165, 1.54) is 11.1 Å². The van der Waals surface area contributed by atoms with E-state index in [0.717, 1.165) is 11.5 Å². The van der Waals surface area contributed by atoms with Crippen LogP contribution in [0, 0.1) is 0 Å². The van der Waals surface area contributed by atoms with Crippen molar-refractivity contribution < 1.29 is 4.79 Å². The summed E-state index contributed by atoms with van der Waals surface area (Å²) in [7, 11) is 0. The van der Waals surface area contributed by atoms with Crippen molar-refractivity contribution in [3.8, 4) is 0 Å². The molecule has 2 rings (SSSR count). The summed E-state index contributed by atoms with van der Waals surface area (Å²) in [4.78, 5) is 12.4. The Balaban J connectivity index is 1.77. The summed E-state index contributed by atoms with van der Waals surface area (Å²) in [6.45, 7) is 4.07. The number of hydrogen-bond donors (Lipinski definition) is 0. The maximum Gasteiger partial charge on any atom is 0.158 e. The van der Waals surface area contributed by atoms with E-state index in [0.29, 0.717) is 11.5 Å². The maximum atomic E-state index is 12.4. The Morgan fingerprint density at radius 2 is 1.36 bits per heavy atom. The highest BCUT2D eigenvalue weighted by Crippen LogP contribution is 2.30. The molecule has 22 heavy (non-hydrogen) atoms. The van der Waals surface area contributed by atoms with Gasteiger partial charge in [0.2, 0.25) is 0 Å². The molecule has 0 bridgehead atoms. The van der Waals surface area contributed by atoms with Gasteiger partial charge in [0, 0.05) is 11.5 Å². The van der Waals surface area contributed by atoms with Gasteiger partial charge in [0.15, 0.2) is 5.78 Å². The molecular formula is C19H22OS2. The molecule has 0 unspecified atom stereocenters. The fourth-order valence-corrected chi connectivity index (χ4v) is 4.05. The first-order valence-corrected chi connectivity index (χ1v) is 9.55. The summed E-state index contributed by atoms with van der Waals surface area (Å²) in [6.07, 6.45) is 0. The molecule has 2 aromatic rings. The summed E-state index contributed by atoms with van der Waals surface area (Å²) >= 11 is 3.42. The molecule has 0 aliphatic heterocycles. The monoisotopic (exact) mass is 330 g/mol. The molecule has 2 aromatic carbocycles. The standard InChI is InChI=1S/C19H22OS2/c1-19(2,22-14-17-11-7-4-8-12-17)18(20)15-21-13-16-9-5-3-6-10-16/h3-12H,13-15H2,1-2H3. The van der Waals surface area contributed by atoms with E-state index in [4.69, 9.17) is 0 Å². The first-order chi connectivity index (χ1) is 10.6. The largest absolute Gasteiger partial charge is 0.297 e. The van der Waals surface area contributed by atoms with Gasteiger partial charge < -0.3 is 0 Å². The van der Waals surface area contributed by atoms with Crippen molar-refractivity contribution in [1.29, 1.82) is 0 Å². The number of carbonyl (C=O) groups excluding carboxylic acids is 1. The molecule has 0 atom stereocenters. The van der Waals surface area contributed by atoms with Gasteiger partial charge in [0.1, 0.15) is 0 Å². The molecule has 0 aromatic heterocycles. The highest BCUT2D eigenvalue weighted by Gasteiger charge is 2.27. The molecule has 0 spiro atoms. The molecule has 0 saturated heterocycles. The third-order valence-corrected chi connectivity index (χ3v) is 5.89. The molecule has 3 heteroatoms. The van der Waals surface area contributed by atoms with E-state index in [9.17, 15) is 4.79 Å². The van der Waals surface area contributed by atoms with Crippen molar-refractivity contribution in [2.45, 2.75) is 30.1 Å². The number of benzene rings is 2. The van der Waals surface area contributed by atoms with Crippen LogP contribution in [0.15, 0.2) is 60.7 Å². The zero-order valence-corrected chi connectivity index (χ0v) is 14.8. The third-order valence-electron chi connectivity index (χ3n) is 3.46. The summed E-state index contributed by atoms with van der Waals surface area (Å²) in [5.41, 5.74) is 2.54. The van der Waals surface area contributed by atoms with E-state index >= 15 is 0 Å². The minimum atomic E-state index is -0.334. The van der Waals surface area contributed by atoms with Gasteiger partial charge in [-0.1, -0.05) is 60.7 Å². The van der Waals surface area contributed by atoms with Crippen LogP contribution >= 0.6 is 23.5 Å². The number of hydrogen-bond acceptors (Lipinski definition) is 3. The van der Waals surface area contributed by atoms with Crippen LogP contribution < -0.4 is 0 Å². The number of Topliss-reactive ketones (excluding diaryl/α,β-unsaturated/α-hetero) is 1. The smallest absolute Gasteiger partial charge is 0.158 e. The fraction of sp³-hybridized carbons (Fsp3) is 0.316. The molecule has 116 valence electrons. The van der Waals surface area contributed by atoms with E-state index < -0.39 is 0 Å². The lowest BCUT2D eigenvalue weighted by atomic mass is 10.1. The van der Waals surface area contributed by atoms with Crippen LogP contribution in [0.1, 0.15) is 25.0 Å². The second kappa shape index (κ2) is 8.44. The van der Waals surface area contributed by atoms with Crippen molar-refractivity contribution in [3.05, 3.63) is 71.8 Å². The van der Waals surface area contributed by atoms with E-state index in [-0.39, 0.29) is 4.75 Å². The molecule has 0 amide bonds. The highest BCUT2D eigenvalue weighted by atomic mass is 32.2. The third kappa shape index (κ3) is 5.54. The zero-order chi connectivity index (χ0) is 15.8. The lowest BCUT2D eigenvalue weighted by molar-refractivity contribution is -0.118. The second-order valence-electron chi connectivity index (χ2n) is 5.69. The van der Waals surface area contributed by atoms with Crippen LogP contribution in [0.4, 0.5) is 0 Å². The second-order valence-corrected chi connectivity index (χ2v) is 8.27. The van der Waals surface area contributed by atoms with Crippen LogP contribution in [0.2, 0.25) is 0 Å². The first kappa shape index (κ1) is 17.2. The molecule has 0 saturated carbocycles. The van der Waals surface area contributed by atoms with Gasteiger partial charge in [-0.2, -0.15) is 0 Å². The van der Waals surface area contributed by atoms with Crippen LogP contribution in [0.25, 0.3) is 0 Å². The van der Waals surface area contributed by atoms with Gasteiger partial charge in [-0.3, -0.25) is 4.79 Å². The summed E-state index contributed by atoms with van der Waals surface area (Å²) in [6, 6.07) is 20.6. The Morgan fingerprint density at radius 1 is 0.864 bits per heavy atom. The molecule has 0 aliphatic carbocycles. The minimum absolute atomic E-state index is 0.314. The van der Waals surface area contributed by atoms with Crippen LogP contribution in [-0.2, 0) is 16.3 Å². The Labute approximate surface area is 141 Å². The topological polar surface area (TPSA) is 17.1 Å². The molecule has 1 nitrogen and oxygen atoms in total. The first-order valence-electron chi connectivity index (χ1n) is 7.41. The van der Waals surface area contributed by atoms with Crippen LogP contribution in [0.5, 0.6) is 0 Å². The van der Waals surface area contributed by atoms with Crippen molar-refractivity contribution in [3.63, 3.8) is 0 Å². The number of ketones is 1. The van der Waals surface area contributed by atoms with Gasteiger partial charge >= 0.3 is 0 Å². The summed E-state index contributed by atoms with van der Waals surface area (Å²) in [5, 5.41) is 0. The Morgan fingerprint density at radius 3 is 1.91 bits per heavy atom. The number of carbonyl (C=O) groups is 1. The van der Waals surface area contributed by atoms with Crippen LogP contribution in [-0.4, -0.2) is 16.3 Å².